The number of aliphatic hydroxyl groups excluding tert-OH is 1. The minimum Gasteiger partial charge on any atom is -0.388 e. The van der Waals surface area contributed by atoms with Crippen molar-refractivity contribution in [1.82, 2.24) is 0 Å². The molecule has 2 aromatic rings. The van der Waals surface area contributed by atoms with Gasteiger partial charge in [0.15, 0.2) is 6.17 Å². The summed E-state index contributed by atoms with van der Waals surface area (Å²) in [6.07, 6.45) is -2.54. The average Bonchev–Trinajstić information content (AvgIpc) is 2.64. The van der Waals surface area contributed by atoms with Crippen LogP contribution in [0.3, 0.4) is 0 Å². The number of halogens is 2. The Morgan fingerprint density at radius 2 is 1.56 bits per heavy atom. The smallest absolute Gasteiger partial charge is 0.164 e. The third kappa shape index (κ3) is 7.19. The number of ether oxygens (including phenoxy) is 2. The van der Waals surface area contributed by atoms with Crippen molar-refractivity contribution in [3.63, 3.8) is 0 Å². The average molecular weight is 457 g/mol. The van der Waals surface area contributed by atoms with E-state index >= 15 is 0 Å². The van der Waals surface area contributed by atoms with Crippen LogP contribution in [0.5, 0.6) is 0 Å². The predicted octanol–water partition coefficient (Wildman–Crippen LogP) is 3.91. The summed E-state index contributed by atoms with van der Waals surface area (Å²) < 4.78 is 29.0. The normalized spacial score (nSPS) is 15.2. The van der Waals surface area contributed by atoms with Gasteiger partial charge in [-0.15, -0.1) is 0 Å². The first-order valence-corrected chi connectivity index (χ1v) is 8.91. The van der Waals surface area contributed by atoms with E-state index in [1.54, 1.807) is 22.9 Å². The Kier molecular flexibility index (Phi) is 9.03. The SMILES string of the molecule is OC(COCc1ccccc1)[C@@H](OCc1ccccc1)[C@H](F)C=NI. The van der Waals surface area contributed by atoms with Crippen molar-refractivity contribution in [3.8, 4) is 0 Å². The molecule has 0 radical (unpaired) electrons. The summed E-state index contributed by atoms with van der Waals surface area (Å²) >= 11 is 1.70. The Labute approximate surface area is 161 Å². The first kappa shape index (κ1) is 20.0. The maximum atomic E-state index is 14.3. The molecule has 1 unspecified atom stereocenters. The van der Waals surface area contributed by atoms with Gasteiger partial charge in [-0.25, -0.2) is 7.60 Å². The molecule has 2 aromatic carbocycles. The molecule has 1 N–H and O–H groups in total. The molecule has 0 saturated carbocycles. The van der Waals surface area contributed by atoms with E-state index in [1.807, 2.05) is 60.7 Å². The third-order valence-corrected chi connectivity index (χ3v) is 3.90. The predicted molar refractivity (Wildman–Crippen MR) is 105 cm³/mol. The molecule has 0 aromatic heterocycles. The Hall–Kier alpha value is -1.35. The molecule has 3 atom stereocenters. The molecule has 25 heavy (non-hydrogen) atoms. The molecule has 0 aliphatic heterocycles. The van der Waals surface area contributed by atoms with E-state index in [-0.39, 0.29) is 13.2 Å². The van der Waals surface area contributed by atoms with Gasteiger partial charge in [-0.2, -0.15) is 0 Å². The summed E-state index contributed by atoms with van der Waals surface area (Å²) in [4.78, 5) is 0. The number of nitrogens with zero attached hydrogens (tertiary/aromatic N) is 1. The first-order chi connectivity index (χ1) is 12.2. The highest BCUT2D eigenvalue weighted by atomic mass is 127. The summed E-state index contributed by atoms with van der Waals surface area (Å²) in [5.41, 5.74) is 1.89. The van der Waals surface area contributed by atoms with E-state index < -0.39 is 18.4 Å². The van der Waals surface area contributed by atoms with Crippen LogP contribution in [0.4, 0.5) is 4.39 Å². The highest BCUT2D eigenvalue weighted by Gasteiger charge is 2.28. The zero-order valence-electron chi connectivity index (χ0n) is 13.7. The van der Waals surface area contributed by atoms with Gasteiger partial charge >= 0.3 is 0 Å². The molecule has 0 amide bonds. The van der Waals surface area contributed by atoms with Crippen LogP contribution < -0.4 is 0 Å². The molecule has 0 heterocycles. The lowest BCUT2D eigenvalue weighted by Gasteiger charge is -2.24. The minimum atomic E-state index is -1.52. The molecular formula is C19H21FINO3. The van der Waals surface area contributed by atoms with Gasteiger partial charge in [-0.05, 0) is 11.1 Å². The quantitative estimate of drug-likeness (QED) is 0.435. The Balaban J connectivity index is 1.89. The lowest BCUT2D eigenvalue weighted by atomic mass is 10.1. The molecule has 4 nitrogen and oxygen atoms in total. The third-order valence-electron chi connectivity index (χ3n) is 3.58. The van der Waals surface area contributed by atoms with Crippen LogP contribution in [0.2, 0.25) is 0 Å². The van der Waals surface area contributed by atoms with E-state index in [0.717, 1.165) is 17.3 Å². The number of aliphatic hydroxyl groups is 1. The fraction of sp³-hybridized carbons (Fsp3) is 0.316. The van der Waals surface area contributed by atoms with Crippen LogP contribution in [0.15, 0.2) is 63.9 Å². The van der Waals surface area contributed by atoms with Crippen molar-refractivity contribution in [2.24, 2.45) is 3.21 Å². The second kappa shape index (κ2) is 11.3. The maximum absolute atomic E-state index is 14.3. The van der Waals surface area contributed by atoms with Gasteiger partial charge < -0.3 is 14.6 Å². The van der Waals surface area contributed by atoms with Gasteiger partial charge in [0.05, 0.1) is 42.7 Å². The van der Waals surface area contributed by atoms with Crippen LogP contribution in [-0.2, 0) is 22.7 Å². The highest BCUT2D eigenvalue weighted by molar-refractivity contribution is 14.1. The van der Waals surface area contributed by atoms with Gasteiger partial charge in [-0.1, -0.05) is 60.7 Å². The van der Waals surface area contributed by atoms with Gasteiger partial charge in [-0.3, -0.25) is 0 Å². The topological polar surface area (TPSA) is 51.0 Å². The Bertz CT molecular complexity index is 627. The molecule has 0 spiro atoms. The monoisotopic (exact) mass is 457 g/mol. The second-order valence-electron chi connectivity index (χ2n) is 5.52. The van der Waals surface area contributed by atoms with Crippen molar-refractivity contribution >= 4 is 29.1 Å². The summed E-state index contributed by atoms with van der Waals surface area (Å²) in [6.45, 7) is 0.529. The summed E-state index contributed by atoms with van der Waals surface area (Å²) in [6, 6.07) is 19.0. The van der Waals surface area contributed by atoms with Gasteiger partial charge in [0, 0.05) is 6.21 Å². The highest BCUT2D eigenvalue weighted by Crippen LogP contribution is 2.13. The molecule has 0 aliphatic rings. The van der Waals surface area contributed by atoms with Crippen LogP contribution in [0, 0.1) is 0 Å². The van der Waals surface area contributed by atoms with E-state index in [1.165, 1.54) is 0 Å². The number of rotatable bonds is 10. The second-order valence-corrected chi connectivity index (χ2v) is 6.08. The molecule has 0 fully saturated rings. The van der Waals surface area contributed by atoms with E-state index in [9.17, 15) is 9.50 Å². The Morgan fingerprint density at radius 3 is 2.12 bits per heavy atom. The van der Waals surface area contributed by atoms with Crippen LogP contribution in [-0.4, -0.2) is 36.3 Å². The fourth-order valence-electron chi connectivity index (χ4n) is 2.29. The van der Waals surface area contributed by atoms with E-state index in [2.05, 4.69) is 3.21 Å². The standard InChI is InChI=1S/C19H21FINO3/c20-17(11-22-21)19(25-13-16-9-5-2-6-10-16)18(23)14-24-12-15-7-3-1-4-8-15/h1-11,17-19,23H,12-14H2/t17-,18?,19+/m1/s1. The lowest BCUT2D eigenvalue weighted by Crippen LogP contribution is -2.41. The van der Waals surface area contributed by atoms with E-state index in [4.69, 9.17) is 9.47 Å². The van der Waals surface area contributed by atoms with Crippen LogP contribution >= 0.6 is 22.9 Å². The van der Waals surface area contributed by atoms with Crippen molar-refractivity contribution < 1.29 is 19.0 Å². The summed E-state index contributed by atoms with van der Waals surface area (Å²) in [5, 5.41) is 10.3. The van der Waals surface area contributed by atoms with Crippen molar-refractivity contribution in [2.75, 3.05) is 6.61 Å². The lowest BCUT2D eigenvalue weighted by molar-refractivity contribution is -0.0971. The zero-order chi connectivity index (χ0) is 17.9. The summed E-state index contributed by atoms with van der Waals surface area (Å²) in [7, 11) is 0. The number of hydrogen-bond acceptors (Lipinski definition) is 4. The van der Waals surface area contributed by atoms with Gasteiger partial charge in [0.25, 0.3) is 0 Å². The Morgan fingerprint density at radius 1 is 1.00 bits per heavy atom. The largest absolute Gasteiger partial charge is 0.388 e. The molecule has 134 valence electrons. The number of hydrogen-bond donors (Lipinski definition) is 1. The molecule has 0 saturated heterocycles. The molecule has 6 heteroatoms. The first-order valence-electron chi connectivity index (χ1n) is 7.94. The van der Waals surface area contributed by atoms with Crippen molar-refractivity contribution in [1.29, 1.82) is 0 Å². The molecule has 0 aliphatic carbocycles. The van der Waals surface area contributed by atoms with Gasteiger partial charge in [0.2, 0.25) is 0 Å². The van der Waals surface area contributed by atoms with Crippen LogP contribution in [0.1, 0.15) is 11.1 Å². The summed E-state index contributed by atoms with van der Waals surface area (Å²) in [5.74, 6) is 0. The van der Waals surface area contributed by atoms with E-state index in [0.29, 0.717) is 6.61 Å². The molecule has 0 bridgehead atoms. The number of alkyl halides is 1. The zero-order valence-corrected chi connectivity index (χ0v) is 15.8. The van der Waals surface area contributed by atoms with Gasteiger partial charge in [0.1, 0.15) is 12.2 Å². The number of benzene rings is 2. The molecule has 2 rings (SSSR count). The minimum absolute atomic E-state index is 0.0240. The van der Waals surface area contributed by atoms with Crippen LogP contribution in [0.25, 0.3) is 0 Å². The molecular weight excluding hydrogens is 436 g/mol. The van der Waals surface area contributed by atoms with Crippen molar-refractivity contribution in [3.05, 3.63) is 71.8 Å². The fourth-order valence-corrected chi connectivity index (χ4v) is 2.59. The van der Waals surface area contributed by atoms with Crippen molar-refractivity contribution in [2.45, 2.75) is 31.6 Å². The maximum Gasteiger partial charge on any atom is 0.164 e.